The number of rotatable bonds is 6. The monoisotopic (exact) mass is 298 g/mol. The first-order valence-corrected chi connectivity index (χ1v) is 7.95. The molecule has 21 heavy (non-hydrogen) atoms. The minimum Gasteiger partial charge on any atom is -0.481 e. The van der Waals surface area contributed by atoms with E-state index in [0.717, 1.165) is 38.9 Å². The number of carbonyl (C=O) groups excluding carboxylic acids is 1. The highest BCUT2D eigenvalue weighted by Crippen LogP contribution is 2.20. The second-order valence-corrected chi connectivity index (χ2v) is 6.00. The summed E-state index contributed by atoms with van der Waals surface area (Å²) in [7, 11) is 0. The third-order valence-electron chi connectivity index (χ3n) is 4.30. The number of amides is 1. The van der Waals surface area contributed by atoms with Gasteiger partial charge in [-0.2, -0.15) is 0 Å². The fourth-order valence-corrected chi connectivity index (χ4v) is 3.19. The van der Waals surface area contributed by atoms with E-state index in [9.17, 15) is 9.59 Å². The standard InChI is InChI=1S/C15H26N2O4/c18-14(17-7-9-21-10-8-17)4-2-6-16-5-1-3-13(12-16)11-15(19)20/h13H,1-12H2,(H,19,20). The number of hydrogen-bond acceptors (Lipinski definition) is 4. The molecule has 0 aromatic rings. The van der Waals surface area contributed by atoms with Crippen LogP contribution in [0, 0.1) is 5.92 Å². The molecule has 0 aromatic heterocycles. The highest BCUT2D eigenvalue weighted by molar-refractivity contribution is 5.76. The van der Waals surface area contributed by atoms with Crippen molar-refractivity contribution in [3.8, 4) is 0 Å². The second kappa shape index (κ2) is 8.34. The van der Waals surface area contributed by atoms with Crippen LogP contribution in [0.15, 0.2) is 0 Å². The van der Waals surface area contributed by atoms with Crippen LogP contribution >= 0.6 is 0 Å². The summed E-state index contributed by atoms with van der Waals surface area (Å²) in [6.07, 6.45) is 3.78. The van der Waals surface area contributed by atoms with Crippen LogP contribution in [0.4, 0.5) is 0 Å². The van der Waals surface area contributed by atoms with E-state index in [-0.39, 0.29) is 18.2 Å². The van der Waals surface area contributed by atoms with Crippen molar-refractivity contribution < 1.29 is 19.4 Å². The summed E-state index contributed by atoms with van der Waals surface area (Å²) in [6, 6.07) is 0. The number of piperidine rings is 1. The van der Waals surface area contributed by atoms with Gasteiger partial charge in [0.15, 0.2) is 0 Å². The summed E-state index contributed by atoms with van der Waals surface area (Å²) in [5, 5.41) is 8.87. The number of likely N-dealkylation sites (tertiary alicyclic amines) is 1. The molecule has 0 aliphatic carbocycles. The van der Waals surface area contributed by atoms with Crippen LogP contribution in [0.1, 0.15) is 32.1 Å². The van der Waals surface area contributed by atoms with Crippen LogP contribution < -0.4 is 0 Å². The highest BCUT2D eigenvalue weighted by Gasteiger charge is 2.22. The van der Waals surface area contributed by atoms with E-state index in [0.29, 0.717) is 32.7 Å². The van der Waals surface area contributed by atoms with Crippen LogP contribution in [0.2, 0.25) is 0 Å². The third-order valence-corrected chi connectivity index (χ3v) is 4.30. The van der Waals surface area contributed by atoms with Crippen LogP contribution in [0.5, 0.6) is 0 Å². The van der Waals surface area contributed by atoms with Crippen molar-refractivity contribution in [3.63, 3.8) is 0 Å². The van der Waals surface area contributed by atoms with Gasteiger partial charge in [0.1, 0.15) is 0 Å². The average Bonchev–Trinajstić information content (AvgIpc) is 2.48. The molecule has 2 fully saturated rings. The van der Waals surface area contributed by atoms with Gasteiger partial charge in [-0.25, -0.2) is 0 Å². The van der Waals surface area contributed by atoms with Gasteiger partial charge in [-0.15, -0.1) is 0 Å². The molecule has 6 nitrogen and oxygen atoms in total. The van der Waals surface area contributed by atoms with Gasteiger partial charge in [0, 0.05) is 32.5 Å². The molecule has 1 unspecified atom stereocenters. The molecule has 1 N–H and O–H groups in total. The molecule has 2 aliphatic heterocycles. The molecular formula is C15H26N2O4. The van der Waals surface area contributed by atoms with Gasteiger partial charge >= 0.3 is 5.97 Å². The topological polar surface area (TPSA) is 70.1 Å². The van der Waals surface area contributed by atoms with Crippen LogP contribution in [0.3, 0.4) is 0 Å². The Labute approximate surface area is 126 Å². The Morgan fingerprint density at radius 3 is 2.67 bits per heavy atom. The number of nitrogens with zero attached hydrogens (tertiary/aromatic N) is 2. The van der Waals surface area contributed by atoms with Gasteiger partial charge in [0.25, 0.3) is 0 Å². The molecule has 1 atom stereocenters. The molecule has 0 spiro atoms. The first-order valence-electron chi connectivity index (χ1n) is 7.95. The van der Waals surface area contributed by atoms with Crippen molar-refractivity contribution in [1.29, 1.82) is 0 Å². The lowest BCUT2D eigenvalue weighted by Crippen LogP contribution is -2.41. The van der Waals surface area contributed by atoms with E-state index < -0.39 is 5.97 Å². The minimum atomic E-state index is -0.704. The van der Waals surface area contributed by atoms with Gasteiger partial charge < -0.3 is 19.6 Å². The minimum absolute atomic E-state index is 0.220. The van der Waals surface area contributed by atoms with Crippen LogP contribution in [-0.4, -0.2) is 72.7 Å². The Balaban J connectivity index is 1.63. The molecule has 0 bridgehead atoms. The van der Waals surface area contributed by atoms with Gasteiger partial charge in [0.05, 0.1) is 13.2 Å². The van der Waals surface area contributed by atoms with E-state index in [1.807, 2.05) is 4.90 Å². The summed E-state index contributed by atoms with van der Waals surface area (Å²) in [4.78, 5) is 27.0. The van der Waals surface area contributed by atoms with Crippen molar-refractivity contribution in [2.24, 2.45) is 5.92 Å². The normalized spacial score (nSPS) is 24.0. The summed E-state index contributed by atoms with van der Waals surface area (Å²) in [5.41, 5.74) is 0. The molecular weight excluding hydrogens is 272 g/mol. The maximum absolute atomic E-state index is 12.0. The maximum atomic E-state index is 12.0. The SMILES string of the molecule is O=C(O)CC1CCCN(CCCC(=O)N2CCOCC2)C1. The maximum Gasteiger partial charge on any atom is 0.303 e. The fourth-order valence-electron chi connectivity index (χ4n) is 3.19. The van der Waals surface area contributed by atoms with Crippen molar-refractivity contribution in [1.82, 2.24) is 9.80 Å². The summed E-state index contributed by atoms with van der Waals surface area (Å²) in [6.45, 7) is 5.50. The first-order chi connectivity index (χ1) is 10.1. The molecule has 120 valence electrons. The number of carboxylic acids is 1. The summed E-state index contributed by atoms with van der Waals surface area (Å²) in [5.74, 6) is -0.215. The number of carbonyl (C=O) groups is 2. The molecule has 2 rings (SSSR count). The van der Waals surface area contributed by atoms with Crippen molar-refractivity contribution in [3.05, 3.63) is 0 Å². The number of ether oxygens (including phenoxy) is 1. The zero-order valence-corrected chi connectivity index (χ0v) is 12.6. The van der Waals surface area contributed by atoms with Gasteiger partial charge in [-0.1, -0.05) is 0 Å². The van der Waals surface area contributed by atoms with E-state index in [1.165, 1.54) is 0 Å². The zero-order valence-electron chi connectivity index (χ0n) is 12.6. The smallest absolute Gasteiger partial charge is 0.303 e. The molecule has 0 aromatic carbocycles. The Morgan fingerprint density at radius 1 is 1.19 bits per heavy atom. The van der Waals surface area contributed by atoms with E-state index in [2.05, 4.69) is 4.90 Å². The molecule has 6 heteroatoms. The molecule has 1 amide bonds. The number of carboxylic acid groups (broad SMARTS) is 1. The van der Waals surface area contributed by atoms with Crippen molar-refractivity contribution >= 4 is 11.9 Å². The molecule has 2 heterocycles. The number of aliphatic carboxylic acids is 1. The lowest BCUT2D eigenvalue weighted by Gasteiger charge is -2.32. The molecule has 2 aliphatic rings. The Bertz CT molecular complexity index is 356. The largest absolute Gasteiger partial charge is 0.481 e. The highest BCUT2D eigenvalue weighted by atomic mass is 16.5. The van der Waals surface area contributed by atoms with Crippen LogP contribution in [0.25, 0.3) is 0 Å². The fraction of sp³-hybridized carbons (Fsp3) is 0.867. The summed E-state index contributed by atoms with van der Waals surface area (Å²) >= 11 is 0. The Hall–Kier alpha value is -1.14. The average molecular weight is 298 g/mol. The third kappa shape index (κ3) is 5.63. The van der Waals surface area contributed by atoms with Crippen molar-refractivity contribution in [2.75, 3.05) is 45.9 Å². The van der Waals surface area contributed by atoms with E-state index >= 15 is 0 Å². The first kappa shape index (κ1) is 16.2. The number of morpholine rings is 1. The van der Waals surface area contributed by atoms with Crippen LogP contribution in [-0.2, 0) is 14.3 Å². The van der Waals surface area contributed by atoms with E-state index in [4.69, 9.17) is 9.84 Å². The van der Waals surface area contributed by atoms with E-state index in [1.54, 1.807) is 0 Å². The molecule has 0 saturated carbocycles. The quantitative estimate of drug-likeness (QED) is 0.786. The lowest BCUT2D eigenvalue weighted by atomic mass is 9.95. The van der Waals surface area contributed by atoms with Gasteiger partial charge in [-0.3, -0.25) is 9.59 Å². The molecule has 2 saturated heterocycles. The zero-order chi connectivity index (χ0) is 15.1. The lowest BCUT2D eigenvalue weighted by molar-refractivity contribution is -0.138. The molecule has 0 radical (unpaired) electrons. The second-order valence-electron chi connectivity index (χ2n) is 6.00. The Morgan fingerprint density at radius 2 is 1.95 bits per heavy atom. The van der Waals surface area contributed by atoms with Gasteiger partial charge in [0.2, 0.25) is 5.91 Å². The van der Waals surface area contributed by atoms with Crippen molar-refractivity contribution in [2.45, 2.75) is 32.1 Å². The van der Waals surface area contributed by atoms with Gasteiger partial charge in [-0.05, 0) is 38.3 Å². The predicted octanol–water partition coefficient (Wildman–Crippen LogP) is 0.812. The predicted molar refractivity (Wildman–Crippen MR) is 78.0 cm³/mol. The number of hydrogen-bond donors (Lipinski definition) is 1. The summed E-state index contributed by atoms with van der Waals surface area (Å²) < 4.78 is 5.24. The Kier molecular flexibility index (Phi) is 6.45.